The number of pyridine rings is 1. The smallest absolute Gasteiger partial charge is 0.255 e. The van der Waals surface area contributed by atoms with Crippen LogP contribution in [0.25, 0.3) is 0 Å². The number of anilines is 1. The summed E-state index contributed by atoms with van der Waals surface area (Å²) in [7, 11) is 3.72. The molecule has 0 aliphatic rings. The van der Waals surface area contributed by atoms with Crippen molar-refractivity contribution in [2.75, 3.05) is 38.8 Å². The fraction of sp³-hybridized carbons (Fsp3) is 0.500. The largest absolute Gasteiger partial charge is 0.380 e. The lowest BCUT2D eigenvalue weighted by Crippen LogP contribution is -2.29. The Balaban J connectivity index is 2.62. The molecule has 17 heavy (non-hydrogen) atoms. The van der Waals surface area contributed by atoms with Crippen molar-refractivity contribution >= 4 is 11.7 Å². The number of aromatic nitrogens is 1. The molecule has 0 aliphatic carbocycles. The molecule has 0 aromatic carbocycles. The molecule has 0 fully saturated rings. The van der Waals surface area contributed by atoms with Crippen LogP contribution in [0.2, 0.25) is 0 Å². The maximum atomic E-state index is 11.9. The number of ether oxygens (including phenoxy) is 1. The molecule has 1 N–H and O–H groups in total. The van der Waals surface area contributed by atoms with Gasteiger partial charge in [-0.2, -0.15) is 0 Å². The summed E-state index contributed by atoms with van der Waals surface area (Å²) in [5, 5.41) is 2.80. The van der Waals surface area contributed by atoms with Crippen molar-refractivity contribution in [2.45, 2.75) is 6.92 Å². The average Bonchev–Trinajstić information content (AvgIpc) is 2.34. The molecule has 1 heterocycles. The van der Waals surface area contributed by atoms with Gasteiger partial charge < -0.3 is 15.0 Å². The zero-order chi connectivity index (χ0) is 12.7. The highest BCUT2D eigenvalue weighted by molar-refractivity contribution is 5.98. The van der Waals surface area contributed by atoms with Gasteiger partial charge >= 0.3 is 0 Å². The Hall–Kier alpha value is -1.62. The summed E-state index contributed by atoms with van der Waals surface area (Å²) in [6.07, 6.45) is 1.67. The summed E-state index contributed by atoms with van der Waals surface area (Å²) in [5.41, 5.74) is 0.578. The molecule has 0 saturated carbocycles. The third-order valence-corrected chi connectivity index (χ3v) is 2.19. The Bertz CT molecular complexity index is 367. The maximum Gasteiger partial charge on any atom is 0.255 e. The van der Waals surface area contributed by atoms with Gasteiger partial charge in [-0.05, 0) is 19.1 Å². The van der Waals surface area contributed by atoms with Crippen LogP contribution in [0.15, 0.2) is 18.3 Å². The van der Waals surface area contributed by atoms with Crippen LogP contribution in [0.4, 0.5) is 5.82 Å². The summed E-state index contributed by atoms with van der Waals surface area (Å²) in [5.74, 6) is 0.544. The third kappa shape index (κ3) is 4.03. The molecule has 0 saturated heterocycles. The van der Waals surface area contributed by atoms with Crippen molar-refractivity contribution in [3.8, 4) is 0 Å². The first-order valence-electron chi connectivity index (χ1n) is 5.65. The number of carbonyl (C=O) groups is 1. The van der Waals surface area contributed by atoms with E-state index in [2.05, 4.69) is 10.3 Å². The lowest BCUT2D eigenvalue weighted by atomic mass is 10.2. The number of rotatable bonds is 6. The lowest BCUT2D eigenvalue weighted by molar-refractivity contribution is 0.0923. The minimum absolute atomic E-state index is 0.124. The fourth-order valence-corrected chi connectivity index (χ4v) is 1.41. The maximum absolute atomic E-state index is 11.9. The van der Waals surface area contributed by atoms with Crippen molar-refractivity contribution in [1.82, 2.24) is 10.3 Å². The third-order valence-electron chi connectivity index (χ3n) is 2.19. The van der Waals surface area contributed by atoms with Gasteiger partial charge in [0, 0.05) is 33.4 Å². The molecule has 1 rings (SSSR count). The molecule has 0 atom stereocenters. The highest BCUT2D eigenvalue weighted by Crippen LogP contribution is 2.13. The zero-order valence-electron chi connectivity index (χ0n) is 10.6. The number of amides is 1. The number of nitrogens with zero attached hydrogens (tertiary/aromatic N) is 2. The lowest BCUT2D eigenvalue weighted by Gasteiger charge is -2.15. The molecule has 0 aliphatic heterocycles. The molecule has 5 nitrogen and oxygen atoms in total. The number of hydrogen-bond donors (Lipinski definition) is 1. The highest BCUT2D eigenvalue weighted by atomic mass is 16.5. The first kappa shape index (κ1) is 13.4. The van der Waals surface area contributed by atoms with Gasteiger partial charge in [-0.15, -0.1) is 0 Å². The summed E-state index contributed by atoms with van der Waals surface area (Å²) in [6.45, 7) is 3.62. The van der Waals surface area contributed by atoms with Gasteiger partial charge in [0.1, 0.15) is 5.82 Å². The predicted molar refractivity (Wildman–Crippen MR) is 67.4 cm³/mol. The van der Waals surface area contributed by atoms with Gasteiger partial charge in [0.15, 0.2) is 0 Å². The van der Waals surface area contributed by atoms with E-state index in [1.807, 2.05) is 25.9 Å². The van der Waals surface area contributed by atoms with Gasteiger partial charge in [0.2, 0.25) is 0 Å². The molecular weight excluding hydrogens is 218 g/mol. The Labute approximate surface area is 102 Å². The van der Waals surface area contributed by atoms with Gasteiger partial charge in [0.05, 0.1) is 12.2 Å². The molecule has 1 aromatic rings. The topological polar surface area (TPSA) is 54.5 Å². The van der Waals surface area contributed by atoms with Gasteiger partial charge in [-0.3, -0.25) is 4.79 Å². The standard InChI is InChI=1S/C12H19N3O2/c1-4-17-9-8-14-12(16)10-6-5-7-13-11(10)15(2)3/h5-7H,4,8-9H2,1-3H3,(H,14,16). The minimum Gasteiger partial charge on any atom is -0.380 e. The summed E-state index contributed by atoms with van der Waals surface area (Å²) in [4.78, 5) is 17.9. The number of carbonyl (C=O) groups excluding carboxylic acids is 1. The zero-order valence-corrected chi connectivity index (χ0v) is 10.6. The normalized spacial score (nSPS) is 10.1. The first-order valence-corrected chi connectivity index (χ1v) is 5.65. The number of hydrogen-bond acceptors (Lipinski definition) is 4. The molecule has 94 valence electrons. The van der Waals surface area contributed by atoms with E-state index in [4.69, 9.17) is 4.74 Å². The van der Waals surface area contributed by atoms with Crippen LogP contribution in [0.5, 0.6) is 0 Å². The molecule has 0 spiro atoms. The summed E-state index contributed by atoms with van der Waals surface area (Å²) in [6, 6.07) is 3.52. The molecule has 1 amide bonds. The second-order valence-corrected chi connectivity index (χ2v) is 3.72. The summed E-state index contributed by atoms with van der Waals surface area (Å²) < 4.78 is 5.16. The van der Waals surface area contributed by atoms with Crippen molar-refractivity contribution in [3.05, 3.63) is 23.9 Å². The minimum atomic E-state index is -0.124. The fourth-order valence-electron chi connectivity index (χ4n) is 1.41. The van der Waals surface area contributed by atoms with Gasteiger partial charge in [-0.1, -0.05) is 0 Å². The van der Waals surface area contributed by atoms with Crippen LogP contribution in [-0.2, 0) is 4.74 Å². The molecule has 1 aromatic heterocycles. The van der Waals surface area contributed by atoms with Crippen molar-refractivity contribution < 1.29 is 9.53 Å². The van der Waals surface area contributed by atoms with E-state index in [0.29, 0.717) is 31.1 Å². The van der Waals surface area contributed by atoms with Crippen LogP contribution in [-0.4, -0.2) is 44.7 Å². The molecule has 0 unspecified atom stereocenters. The van der Waals surface area contributed by atoms with Gasteiger partial charge in [-0.25, -0.2) is 4.98 Å². The van der Waals surface area contributed by atoms with E-state index in [9.17, 15) is 4.79 Å². The van der Waals surface area contributed by atoms with Gasteiger partial charge in [0.25, 0.3) is 5.91 Å². The van der Waals surface area contributed by atoms with Crippen LogP contribution in [0.1, 0.15) is 17.3 Å². The van der Waals surface area contributed by atoms with Crippen molar-refractivity contribution in [3.63, 3.8) is 0 Å². The molecule has 0 radical (unpaired) electrons. The van der Waals surface area contributed by atoms with E-state index >= 15 is 0 Å². The molecular formula is C12H19N3O2. The molecule has 0 bridgehead atoms. The Morgan fingerprint density at radius 2 is 2.29 bits per heavy atom. The number of nitrogens with one attached hydrogen (secondary N) is 1. The van der Waals surface area contributed by atoms with Crippen LogP contribution in [0.3, 0.4) is 0 Å². The van der Waals surface area contributed by atoms with Crippen LogP contribution < -0.4 is 10.2 Å². The van der Waals surface area contributed by atoms with E-state index in [-0.39, 0.29) is 5.91 Å². The summed E-state index contributed by atoms with van der Waals surface area (Å²) >= 11 is 0. The predicted octanol–water partition coefficient (Wildman–Crippen LogP) is 0.914. The SMILES string of the molecule is CCOCCNC(=O)c1cccnc1N(C)C. The second kappa shape index (κ2) is 6.85. The first-order chi connectivity index (χ1) is 8.16. The average molecular weight is 237 g/mol. The second-order valence-electron chi connectivity index (χ2n) is 3.72. The molecule has 5 heteroatoms. The highest BCUT2D eigenvalue weighted by Gasteiger charge is 2.12. The monoisotopic (exact) mass is 237 g/mol. The van der Waals surface area contributed by atoms with E-state index in [0.717, 1.165) is 0 Å². The van der Waals surface area contributed by atoms with E-state index in [1.54, 1.807) is 18.3 Å². The van der Waals surface area contributed by atoms with Crippen LogP contribution in [0, 0.1) is 0 Å². The Morgan fingerprint density at radius 3 is 2.94 bits per heavy atom. The van der Waals surface area contributed by atoms with Crippen molar-refractivity contribution in [1.29, 1.82) is 0 Å². The van der Waals surface area contributed by atoms with E-state index in [1.165, 1.54) is 0 Å². The van der Waals surface area contributed by atoms with Crippen molar-refractivity contribution in [2.24, 2.45) is 0 Å². The Morgan fingerprint density at radius 1 is 1.53 bits per heavy atom. The van der Waals surface area contributed by atoms with Crippen LogP contribution >= 0.6 is 0 Å². The van der Waals surface area contributed by atoms with E-state index < -0.39 is 0 Å². The Kier molecular flexibility index (Phi) is 5.42. The quantitative estimate of drug-likeness (QED) is 0.747.